The summed E-state index contributed by atoms with van der Waals surface area (Å²) in [4.78, 5) is 6.72. The molecule has 0 spiro atoms. The van der Waals surface area contributed by atoms with Gasteiger partial charge in [-0.05, 0) is 49.9 Å². The van der Waals surface area contributed by atoms with E-state index in [9.17, 15) is 0 Å². The predicted molar refractivity (Wildman–Crippen MR) is 66.0 cm³/mol. The van der Waals surface area contributed by atoms with Crippen LogP contribution < -0.4 is 5.73 Å². The molecule has 0 aliphatic carbocycles. The second-order valence-corrected chi connectivity index (χ2v) is 4.92. The summed E-state index contributed by atoms with van der Waals surface area (Å²) in [7, 11) is 0. The number of hydrogen-bond donors (Lipinski definition) is 1. The lowest BCUT2D eigenvalue weighted by Crippen LogP contribution is -2.27. The lowest BCUT2D eigenvalue weighted by molar-refractivity contribution is 0.255. The molecule has 0 radical (unpaired) electrons. The highest BCUT2D eigenvalue weighted by Gasteiger charge is 2.27. The fourth-order valence-electron chi connectivity index (χ4n) is 2.49. The molecular weight excluding hydrogens is 198 g/mol. The summed E-state index contributed by atoms with van der Waals surface area (Å²) in [5.41, 5.74) is 8.41. The molecule has 1 fully saturated rings. The largest absolute Gasteiger partial charge is 0.330 e. The molecule has 1 saturated heterocycles. The lowest BCUT2D eigenvalue weighted by Gasteiger charge is -2.21. The third-order valence-electron chi connectivity index (χ3n) is 3.64. The van der Waals surface area contributed by atoms with E-state index in [0.29, 0.717) is 12.0 Å². The van der Waals surface area contributed by atoms with E-state index in [1.54, 1.807) is 0 Å². The van der Waals surface area contributed by atoms with Crippen molar-refractivity contribution in [3.05, 3.63) is 29.6 Å². The summed E-state index contributed by atoms with van der Waals surface area (Å²) in [6.07, 6.45) is 5.07. The Morgan fingerprint density at radius 2 is 2.38 bits per heavy atom. The molecule has 16 heavy (non-hydrogen) atoms. The smallest absolute Gasteiger partial charge is 0.0315 e. The molecule has 0 aromatic carbocycles. The Kier molecular flexibility index (Phi) is 3.56. The van der Waals surface area contributed by atoms with Gasteiger partial charge in [0.1, 0.15) is 0 Å². The van der Waals surface area contributed by atoms with Crippen LogP contribution in [0.2, 0.25) is 0 Å². The van der Waals surface area contributed by atoms with E-state index >= 15 is 0 Å². The van der Waals surface area contributed by atoms with E-state index in [2.05, 4.69) is 29.8 Å². The van der Waals surface area contributed by atoms with Gasteiger partial charge < -0.3 is 5.73 Å². The number of nitrogens with zero attached hydrogens (tertiary/aromatic N) is 2. The molecule has 88 valence electrons. The van der Waals surface area contributed by atoms with Crippen molar-refractivity contribution >= 4 is 0 Å². The molecule has 2 rings (SSSR count). The predicted octanol–water partition coefficient (Wildman–Crippen LogP) is 1.56. The van der Waals surface area contributed by atoms with Gasteiger partial charge in [0, 0.05) is 31.5 Å². The van der Waals surface area contributed by atoms with Gasteiger partial charge in [-0.25, -0.2) is 0 Å². The Bertz CT molecular complexity index is 351. The quantitative estimate of drug-likeness (QED) is 0.839. The summed E-state index contributed by atoms with van der Waals surface area (Å²) in [6, 6.07) is 2.73. The third-order valence-corrected chi connectivity index (χ3v) is 3.64. The average molecular weight is 219 g/mol. The highest BCUT2D eigenvalue weighted by molar-refractivity contribution is 5.21. The molecule has 3 nitrogen and oxygen atoms in total. The van der Waals surface area contributed by atoms with E-state index < -0.39 is 0 Å². The highest BCUT2D eigenvalue weighted by atomic mass is 15.2. The Morgan fingerprint density at radius 1 is 1.56 bits per heavy atom. The van der Waals surface area contributed by atoms with Crippen LogP contribution in [0.25, 0.3) is 0 Å². The topological polar surface area (TPSA) is 42.2 Å². The van der Waals surface area contributed by atoms with Crippen molar-refractivity contribution in [2.45, 2.75) is 32.9 Å². The fourth-order valence-corrected chi connectivity index (χ4v) is 2.49. The maximum atomic E-state index is 5.74. The first kappa shape index (κ1) is 11.6. The molecule has 0 amide bonds. The zero-order chi connectivity index (χ0) is 11.5. The first-order chi connectivity index (χ1) is 7.70. The first-order valence-electron chi connectivity index (χ1n) is 6.04. The van der Waals surface area contributed by atoms with Gasteiger partial charge in [-0.1, -0.05) is 0 Å². The van der Waals surface area contributed by atoms with Gasteiger partial charge in [-0.2, -0.15) is 0 Å². The van der Waals surface area contributed by atoms with Gasteiger partial charge >= 0.3 is 0 Å². The van der Waals surface area contributed by atoms with Crippen LogP contribution in [0.15, 0.2) is 18.5 Å². The van der Waals surface area contributed by atoms with Crippen LogP contribution in [0.4, 0.5) is 0 Å². The lowest BCUT2D eigenvalue weighted by atomic mass is 10.1. The van der Waals surface area contributed by atoms with Crippen molar-refractivity contribution in [3.63, 3.8) is 0 Å². The van der Waals surface area contributed by atoms with Gasteiger partial charge in [-0.15, -0.1) is 0 Å². The minimum Gasteiger partial charge on any atom is -0.330 e. The maximum Gasteiger partial charge on any atom is 0.0315 e. The third kappa shape index (κ3) is 2.42. The number of rotatable bonds is 3. The van der Waals surface area contributed by atoms with Gasteiger partial charge in [0.25, 0.3) is 0 Å². The number of aromatic nitrogens is 1. The molecule has 2 N–H and O–H groups in total. The Hall–Kier alpha value is -0.930. The van der Waals surface area contributed by atoms with Crippen LogP contribution in [0, 0.1) is 12.8 Å². The zero-order valence-corrected chi connectivity index (χ0v) is 10.2. The molecule has 1 aliphatic rings. The second-order valence-electron chi connectivity index (χ2n) is 4.92. The molecule has 2 atom stereocenters. The molecule has 2 heterocycles. The van der Waals surface area contributed by atoms with Crippen LogP contribution in [-0.2, 0) is 6.54 Å². The normalized spacial score (nSPS) is 26.2. The van der Waals surface area contributed by atoms with Crippen molar-refractivity contribution in [2.75, 3.05) is 13.1 Å². The number of likely N-dealkylation sites (tertiary alicyclic amines) is 1. The maximum absolute atomic E-state index is 5.74. The summed E-state index contributed by atoms with van der Waals surface area (Å²) >= 11 is 0. The highest BCUT2D eigenvalue weighted by Crippen LogP contribution is 2.24. The van der Waals surface area contributed by atoms with Crippen LogP contribution in [0.1, 0.15) is 24.5 Å². The first-order valence-corrected chi connectivity index (χ1v) is 6.04. The standard InChI is InChI=1S/C13H21N3/c1-10-3-4-15-7-13(10)9-16-8-12(6-14)5-11(16)2/h3-4,7,11-12H,5-6,8-9,14H2,1-2H3. The molecule has 3 heteroatoms. The number of aryl methyl sites for hydroxylation is 1. The minimum absolute atomic E-state index is 0.646. The van der Waals surface area contributed by atoms with Crippen molar-refractivity contribution < 1.29 is 0 Å². The second kappa shape index (κ2) is 4.93. The number of hydrogen-bond acceptors (Lipinski definition) is 3. The number of nitrogens with two attached hydrogens (primary N) is 1. The van der Waals surface area contributed by atoms with Crippen molar-refractivity contribution in [3.8, 4) is 0 Å². The molecular formula is C13H21N3. The molecule has 2 unspecified atom stereocenters. The van der Waals surface area contributed by atoms with E-state index in [1.165, 1.54) is 17.5 Å². The van der Waals surface area contributed by atoms with Crippen LogP contribution in [0.5, 0.6) is 0 Å². The van der Waals surface area contributed by atoms with Crippen molar-refractivity contribution in [1.29, 1.82) is 0 Å². The monoisotopic (exact) mass is 219 g/mol. The summed E-state index contributed by atoms with van der Waals surface area (Å²) in [5, 5.41) is 0. The van der Waals surface area contributed by atoms with Crippen molar-refractivity contribution in [1.82, 2.24) is 9.88 Å². The van der Waals surface area contributed by atoms with E-state index in [1.807, 2.05) is 12.4 Å². The summed E-state index contributed by atoms with van der Waals surface area (Å²) in [5.74, 6) is 0.673. The fraction of sp³-hybridized carbons (Fsp3) is 0.615. The van der Waals surface area contributed by atoms with E-state index in [-0.39, 0.29) is 0 Å². The minimum atomic E-state index is 0.646. The van der Waals surface area contributed by atoms with E-state index in [0.717, 1.165) is 19.6 Å². The molecule has 1 aliphatic heterocycles. The molecule has 1 aromatic rings. The Labute approximate surface area is 97.7 Å². The summed E-state index contributed by atoms with van der Waals surface area (Å²) < 4.78 is 0. The molecule has 1 aromatic heterocycles. The van der Waals surface area contributed by atoms with Gasteiger partial charge in [0.05, 0.1) is 0 Å². The SMILES string of the molecule is Cc1ccncc1CN1CC(CN)CC1C. The van der Waals surface area contributed by atoms with Crippen LogP contribution >= 0.6 is 0 Å². The zero-order valence-electron chi connectivity index (χ0n) is 10.2. The van der Waals surface area contributed by atoms with Gasteiger partial charge in [0.2, 0.25) is 0 Å². The Morgan fingerprint density at radius 3 is 3.00 bits per heavy atom. The number of pyridine rings is 1. The van der Waals surface area contributed by atoms with Crippen LogP contribution in [0.3, 0.4) is 0 Å². The van der Waals surface area contributed by atoms with Gasteiger partial charge in [0.15, 0.2) is 0 Å². The van der Waals surface area contributed by atoms with Gasteiger partial charge in [-0.3, -0.25) is 9.88 Å². The molecule has 0 saturated carbocycles. The molecule has 0 bridgehead atoms. The van der Waals surface area contributed by atoms with Crippen molar-refractivity contribution in [2.24, 2.45) is 11.7 Å². The van der Waals surface area contributed by atoms with E-state index in [4.69, 9.17) is 5.73 Å². The Balaban J connectivity index is 2.03. The average Bonchev–Trinajstić information content (AvgIpc) is 2.63. The summed E-state index contributed by atoms with van der Waals surface area (Å²) in [6.45, 7) is 7.40. The van der Waals surface area contributed by atoms with Crippen LogP contribution in [-0.4, -0.2) is 29.0 Å².